The van der Waals surface area contributed by atoms with Crippen molar-refractivity contribution in [1.29, 1.82) is 0 Å². The van der Waals surface area contributed by atoms with E-state index in [4.69, 9.17) is 0 Å². The third-order valence-electron chi connectivity index (χ3n) is 2.90. The molecule has 0 heterocycles. The lowest BCUT2D eigenvalue weighted by atomic mass is 9.94. The highest BCUT2D eigenvalue weighted by Gasteiger charge is 2.08. The van der Waals surface area contributed by atoms with E-state index in [9.17, 15) is 4.79 Å². The zero-order valence-electron chi connectivity index (χ0n) is 10.6. The lowest BCUT2D eigenvalue weighted by Gasteiger charge is -2.13. The Morgan fingerprint density at radius 3 is 2.40 bits per heavy atom. The van der Waals surface area contributed by atoms with E-state index >= 15 is 0 Å². The molecule has 0 aromatic heterocycles. The number of hydrogen-bond donors (Lipinski definition) is 1. The van der Waals surface area contributed by atoms with Crippen LogP contribution < -0.4 is 5.32 Å². The fourth-order valence-electron chi connectivity index (χ4n) is 1.73. The molecule has 0 radical (unpaired) electrons. The van der Waals surface area contributed by atoms with Crippen LogP contribution in [0.15, 0.2) is 0 Å². The molecule has 15 heavy (non-hydrogen) atoms. The van der Waals surface area contributed by atoms with Gasteiger partial charge in [-0.2, -0.15) is 0 Å². The van der Waals surface area contributed by atoms with E-state index in [0.29, 0.717) is 6.42 Å². The highest BCUT2D eigenvalue weighted by molar-refractivity contribution is 5.75. The van der Waals surface area contributed by atoms with E-state index in [1.54, 1.807) is 0 Å². The quantitative estimate of drug-likeness (QED) is 0.624. The summed E-state index contributed by atoms with van der Waals surface area (Å²) in [6.07, 6.45) is 7.86. The molecule has 1 N–H and O–H groups in total. The van der Waals surface area contributed by atoms with E-state index in [0.717, 1.165) is 25.3 Å². The second-order valence-corrected chi connectivity index (χ2v) is 4.31. The predicted octanol–water partition coefficient (Wildman–Crippen LogP) is 3.51. The smallest absolute Gasteiger partial charge is 0.220 e. The number of hydrogen-bond acceptors (Lipinski definition) is 1. The van der Waals surface area contributed by atoms with Crippen LogP contribution in [0.25, 0.3) is 0 Å². The highest BCUT2D eigenvalue weighted by atomic mass is 16.1. The highest BCUT2D eigenvalue weighted by Crippen LogP contribution is 2.18. The number of unbranched alkanes of at least 4 members (excludes halogenated alkanes) is 1. The number of amides is 1. The Morgan fingerprint density at radius 1 is 1.13 bits per heavy atom. The zero-order valence-corrected chi connectivity index (χ0v) is 10.6. The summed E-state index contributed by atoms with van der Waals surface area (Å²) in [6.45, 7) is 7.35. The Hall–Kier alpha value is -0.530. The lowest BCUT2D eigenvalue weighted by Crippen LogP contribution is -2.24. The molecule has 0 saturated carbocycles. The average Bonchev–Trinajstić information content (AvgIpc) is 2.26. The van der Waals surface area contributed by atoms with Gasteiger partial charge in [-0.15, -0.1) is 0 Å². The monoisotopic (exact) mass is 213 g/mol. The summed E-state index contributed by atoms with van der Waals surface area (Å²) in [6, 6.07) is 0. The number of rotatable bonds is 9. The van der Waals surface area contributed by atoms with Gasteiger partial charge in [-0.1, -0.05) is 46.5 Å². The van der Waals surface area contributed by atoms with Crippen molar-refractivity contribution in [3.8, 4) is 0 Å². The van der Waals surface area contributed by atoms with Crippen molar-refractivity contribution in [2.45, 2.75) is 65.7 Å². The van der Waals surface area contributed by atoms with Crippen molar-refractivity contribution in [2.75, 3.05) is 6.54 Å². The average molecular weight is 213 g/mol. The Morgan fingerprint density at radius 2 is 1.87 bits per heavy atom. The first kappa shape index (κ1) is 14.5. The van der Waals surface area contributed by atoms with Crippen LogP contribution in [0.3, 0.4) is 0 Å². The van der Waals surface area contributed by atoms with Gasteiger partial charge < -0.3 is 5.32 Å². The molecule has 2 heteroatoms. The molecule has 0 bridgehead atoms. The number of carbonyl (C=O) groups is 1. The van der Waals surface area contributed by atoms with Crippen LogP contribution in [-0.2, 0) is 4.79 Å². The maximum absolute atomic E-state index is 11.4. The third kappa shape index (κ3) is 8.46. The predicted molar refractivity (Wildman–Crippen MR) is 65.8 cm³/mol. The third-order valence-corrected chi connectivity index (χ3v) is 2.90. The first-order chi connectivity index (χ1) is 7.24. The van der Waals surface area contributed by atoms with Crippen molar-refractivity contribution in [3.05, 3.63) is 0 Å². The molecule has 0 aromatic rings. The van der Waals surface area contributed by atoms with E-state index in [1.165, 1.54) is 25.7 Å². The molecule has 2 nitrogen and oxygen atoms in total. The molecular formula is C13H27NO. The van der Waals surface area contributed by atoms with Gasteiger partial charge in [0.25, 0.3) is 0 Å². The maximum atomic E-state index is 11.4. The number of carbonyl (C=O) groups excluding carboxylic acids is 1. The summed E-state index contributed by atoms with van der Waals surface area (Å²) in [5, 5.41) is 2.93. The van der Waals surface area contributed by atoms with Gasteiger partial charge in [0.05, 0.1) is 0 Å². The van der Waals surface area contributed by atoms with Gasteiger partial charge in [0, 0.05) is 13.0 Å². The van der Waals surface area contributed by atoms with Crippen molar-refractivity contribution < 1.29 is 4.79 Å². The van der Waals surface area contributed by atoms with E-state index in [-0.39, 0.29) is 5.91 Å². The molecule has 0 aliphatic heterocycles. The molecule has 1 unspecified atom stereocenters. The van der Waals surface area contributed by atoms with Crippen LogP contribution in [-0.4, -0.2) is 12.5 Å². The summed E-state index contributed by atoms with van der Waals surface area (Å²) in [4.78, 5) is 11.4. The fraction of sp³-hybridized carbons (Fsp3) is 0.923. The molecular weight excluding hydrogens is 186 g/mol. The molecule has 0 rings (SSSR count). The minimum absolute atomic E-state index is 0.229. The van der Waals surface area contributed by atoms with E-state index < -0.39 is 0 Å². The van der Waals surface area contributed by atoms with Crippen LogP contribution in [0.5, 0.6) is 0 Å². The molecule has 0 aliphatic carbocycles. The van der Waals surface area contributed by atoms with Gasteiger partial charge in [-0.05, 0) is 18.8 Å². The van der Waals surface area contributed by atoms with Crippen LogP contribution in [0.1, 0.15) is 65.7 Å². The normalized spacial score (nSPS) is 12.5. The molecule has 0 aliphatic rings. The minimum atomic E-state index is 0.229. The first-order valence-corrected chi connectivity index (χ1v) is 6.51. The topological polar surface area (TPSA) is 29.1 Å². The summed E-state index contributed by atoms with van der Waals surface area (Å²) in [7, 11) is 0. The van der Waals surface area contributed by atoms with Crippen molar-refractivity contribution in [1.82, 2.24) is 5.32 Å². The molecule has 0 saturated heterocycles. The van der Waals surface area contributed by atoms with Gasteiger partial charge in [-0.25, -0.2) is 0 Å². The molecule has 1 amide bonds. The molecule has 0 spiro atoms. The Balaban J connectivity index is 3.55. The molecule has 0 fully saturated rings. The summed E-state index contributed by atoms with van der Waals surface area (Å²) < 4.78 is 0. The van der Waals surface area contributed by atoms with Crippen LogP contribution in [0, 0.1) is 5.92 Å². The SMILES string of the molecule is CCCCC(CC)CCC(=O)NCCC. The second kappa shape index (κ2) is 10.0. The minimum Gasteiger partial charge on any atom is -0.356 e. The molecule has 0 aromatic carbocycles. The molecule has 1 atom stereocenters. The van der Waals surface area contributed by atoms with E-state index in [1.807, 2.05) is 0 Å². The number of nitrogens with one attached hydrogen (secondary N) is 1. The van der Waals surface area contributed by atoms with Crippen LogP contribution in [0.4, 0.5) is 0 Å². The summed E-state index contributed by atoms with van der Waals surface area (Å²) >= 11 is 0. The van der Waals surface area contributed by atoms with Gasteiger partial charge >= 0.3 is 0 Å². The van der Waals surface area contributed by atoms with Crippen molar-refractivity contribution in [2.24, 2.45) is 5.92 Å². The van der Waals surface area contributed by atoms with Gasteiger partial charge in [-0.3, -0.25) is 4.79 Å². The largest absolute Gasteiger partial charge is 0.356 e. The van der Waals surface area contributed by atoms with Gasteiger partial charge in [0.2, 0.25) is 5.91 Å². The standard InChI is InChI=1S/C13H27NO/c1-4-7-8-12(6-3)9-10-13(15)14-11-5-2/h12H,4-11H2,1-3H3,(H,14,15). The maximum Gasteiger partial charge on any atom is 0.220 e. The summed E-state index contributed by atoms with van der Waals surface area (Å²) in [5.74, 6) is 0.976. The molecule has 90 valence electrons. The Labute approximate surface area is 94.8 Å². The van der Waals surface area contributed by atoms with Crippen LogP contribution in [0.2, 0.25) is 0 Å². The van der Waals surface area contributed by atoms with Crippen molar-refractivity contribution in [3.63, 3.8) is 0 Å². The van der Waals surface area contributed by atoms with E-state index in [2.05, 4.69) is 26.1 Å². The Kier molecular flexibility index (Phi) is 9.65. The van der Waals surface area contributed by atoms with Crippen LogP contribution >= 0.6 is 0 Å². The van der Waals surface area contributed by atoms with Gasteiger partial charge in [0.1, 0.15) is 0 Å². The zero-order chi connectivity index (χ0) is 11.5. The van der Waals surface area contributed by atoms with Gasteiger partial charge in [0.15, 0.2) is 0 Å². The second-order valence-electron chi connectivity index (χ2n) is 4.31. The Bertz CT molecular complexity index is 157. The lowest BCUT2D eigenvalue weighted by molar-refractivity contribution is -0.121. The fourth-order valence-corrected chi connectivity index (χ4v) is 1.73. The summed E-state index contributed by atoms with van der Waals surface area (Å²) in [5.41, 5.74) is 0. The van der Waals surface area contributed by atoms with Crippen molar-refractivity contribution >= 4 is 5.91 Å². The first-order valence-electron chi connectivity index (χ1n) is 6.51.